The molecule has 1 N–H and O–H groups in total. The maximum Gasteiger partial charge on any atom is 0.329 e. The normalized spacial score (nSPS) is 19.8. The van der Waals surface area contributed by atoms with Gasteiger partial charge in [-0.3, -0.25) is 19.7 Å². The Morgan fingerprint density at radius 1 is 1.19 bits per heavy atom. The summed E-state index contributed by atoms with van der Waals surface area (Å²) in [5.41, 5.74) is -0.708. The molecule has 3 rings (SSSR count). The predicted octanol–water partition coefficient (Wildman–Crippen LogP) is 2.89. The first-order chi connectivity index (χ1) is 14.6. The first-order valence-electron chi connectivity index (χ1n) is 10.2. The van der Waals surface area contributed by atoms with E-state index >= 15 is 0 Å². The van der Waals surface area contributed by atoms with Crippen LogP contribution in [0.3, 0.4) is 0 Å². The number of nitrogens with one attached hydrogen (secondary N) is 1. The lowest BCUT2D eigenvalue weighted by atomic mass is 9.64. The van der Waals surface area contributed by atoms with Crippen LogP contribution in [-0.4, -0.2) is 46.9 Å². The third-order valence-electron chi connectivity index (χ3n) is 5.51. The molecule has 2 aromatic rings. The summed E-state index contributed by atoms with van der Waals surface area (Å²) in [5.74, 6) is -3.43. The number of benzene rings is 1. The molecule has 1 heterocycles. The molecule has 0 aliphatic heterocycles. The summed E-state index contributed by atoms with van der Waals surface area (Å²) >= 11 is 0. The van der Waals surface area contributed by atoms with E-state index in [1.807, 2.05) is 0 Å². The van der Waals surface area contributed by atoms with Gasteiger partial charge in [-0.1, -0.05) is 18.2 Å². The van der Waals surface area contributed by atoms with Crippen molar-refractivity contribution in [2.75, 3.05) is 6.54 Å². The number of carbonyl (C=O) groups is 3. The standard InChI is InChI=1S/C22H26N2O7/c1-12(2)30-20(26)22(21(27)31-13(3)4)9-14(11-25)16(10-24(28)29)18-15-7-5-6-8-17(15)23-19(18)22/h5-8,11-14,16,23H,9-10H2,1-4H3. The number of fused-ring (bicyclic) bond motifs is 3. The van der Waals surface area contributed by atoms with Crippen molar-refractivity contribution in [3.63, 3.8) is 0 Å². The Hall–Kier alpha value is -3.23. The summed E-state index contributed by atoms with van der Waals surface area (Å²) in [4.78, 5) is 52.9. The zero-order chi connectivity index (χ0) is 22.9. The molecule has 31 heavy (non-hydrogen) atoms. The van der Waals surface area contributed by atoms with E-state index in [9.17, 15) is 24.5 Å². The van der Waals surface area contributed by atoms with Crippen molar-refractivity contribution in [2.45, 2.75) is 57.7 Å². The van der Waals surface area contributed by atoms with Crippen molar-refractivity contribution in [1.82, 2.24) is 4.98 Å². The maximum atomic E-state index is 13.4. The lowest BCUT2D eigenvalue weighted by molar-refractivity contribution is -0.484. The number of hydrogen-bond acceptors (Lipinski definition) is 7. The quantitative estimate of drug-likeness (QED) is 0.235. The molecule has 0 amide bonds. The molecular formula is C22H26N2O7. The van der Waals surface area contributed by atoms with Gasteiger partial charge in [0.25, 0.3) is 0 Å². The van der Waals surface area contributed by atoms with Gasteiger partial charge in [0, 0.05) is 27.4 Å². The largest absolute Gasteiger partial charge is 0.462 e. The van der Waals surface area contributed by atoms with Crippen LogP contribution in [0, 0.1) is 16.0 Å². The SMILES string of the molecule is CC(C)OC(=O)C1(C(=O)OC(C)C)CC(C=O)C(C[N+](=O)[O-])c2c1[nH]c1ccccc21. The van der Waals surface area contributed by atoms with Crippen LogP contribution in [0.4, 0.5) is 0 Å². The molecule has 0 bridgehead atoms. The Labute approximate surface area is 179 Å². The molecule has 0 saturated heterocycles. The van der Waals surface area contributed by atoms with E-state index in [1.54, 1.807) is 52.0 Å². The summed E-state index contributed by atoms with van der Waals surface area (Å²) in [6.45, 7) is 6.11. The summed E-state index contributed by atoms with van der Waals surface area (Å²) in [6, 6.07) is 7.02. The molecule has 0 fully saturated rings. The minimum Gasteiger partial charge on any atom is -0.462 e. The van der Waals surface area contributed by atoms with Gasteiger partial charge in [-0.25, -0.2) is 0 Å². The lowest BCUT2D eigenvalue weighted by Crippen LogP contribution is -2.53. The van der Waals surface area contributed by atoms with Crippen molar-refractivity contribution in [2.24, 2.45) is 5.92 Å². The van der Waals surface area contributed by atoms with Gasteiger partial charge in [-0.05, 0) is 45.7 Å². The molecular weight excluding hydrogens is 404 g/mol. The van der Waals surface area contributed by atoms with Crippen LogP contribution in [0.5, 0.6) is 0 Å². The first kappa shape index (κ1) is 22.5. The predicted molar refractivity (Wildman–Crippen MR) is 111 cm³/mol. The van der Waals surface area contributed by atoms with E-state index in [0.717, 1.165) is 0 Å². The van der Waals surface area contributed by atoms with Crippen LogP contribution in [0.2, 0.25) is 0 Å². The fourth-order valence-electron chi connectivity index (χ4n) is 4.31. The molecule has 1 aliphatic rings. The van der Waals surface area contributed by atoms with Crippen LogP contribution in [0.15, 0.2) is 24.3 Å². The number of aromatic nitrogens is 1. The number of nitrogens with zero attached hydrogens (tertiary/aromatic N) is 1. The van der Waals surface area contributed by atoms with Crippen molar-refractivity contribution in [3.05, 3.63) is 45.6 Å². The zero-order valence-corrected chi connectivity index (χ0v) is 17.9. The minimum atomic E-state index is -1.93. The zero-order valence-electron chi connectivity index (χ0n) is 17.9. The Balaban J connectivity index is 2.35. The van der Waals surface area contributed by atoms with Gasteiger partial charge in [0.05, 0.1) is 18.1 Å². The molecule has 9 nitrogen and oxygen atoms in total. The third kappa shape index (κ3) is 3.92. The van der Waals surface area contributed by atoms with Crippen molar-refractivity contribution in [3.8, 4) is 0 Å². The van der Waals surface area contributed by atoms with E-state index in [4.69, 9.17) is 9.47 Å². The second-order valence-corrected chi connectivity index (χ2v) is 8.40. The van der Waals surface area contributed by atoms with Gasteiger partial charge in [0.2, 0.25) is 12.0 Å². The second-order valence-electron chi connectivity index (χ2n) is 8.40. The highest BCUT2D eigenvalue weighted by atomic mass is 16.6. The van der Waals surface area contributed by atoms with Gasteiger partial charge in [0.15, 0.2) is 0 Å². The average Bonchev–Trinajstić information content (AvgIpc) is 3.06. The molecule has 9 heteroatoms. The van der Waals surface area contributed by atoms with E-state index in [0.29, 0.717) is 22.8 Å². The van der Waals surface area contributed by atoms with Crippen LogP contribution in [0.25, 0.3) is 10.9 Å². The number of nitro groups is 1. The molecule has 1 aromatic heterocycles. The molecule has 0 radical (unpaired) electrons. The maximum absolute atomic E-state index is 13.4. The number of ether oxygens (including phenoxy) is 2. The molecule has 2 atom stereocenters. The van der Waals surface area contributed by atoms with Crippen LogP contribution in [-0.2, 0) is 29.3 Å². The molecule has 2 unspecified atom stereocenters. The van der Waals surface area contributed by atoms with Crippen molar-refractivity contribution >= 4 is 29.1 Å². The van der Waals surface area contributed by atoms with Gasteiger partial charge in [0.1, 0.15) is 6.29 Å². The number of hydrogen-bond donors (Lipinski definition) is 1. The minimum absolute atomic E-state index is 0.204. The Bertz CT molecular complexity index is 1000. The fourth-order valence-corrected chi connectivity index (χ4v) is 4.31. The van der Waals surface area contributed by atoms with Crippen LogP contribution < -0.4 is 0 Å². The van der Waals surface area contributed by atoms with Gasteiger partial charge in [-0.2, -0.15) is 0 Å². The Morgan fingerprint density at radius 2 is 1.77 bits per heavy atom. The summed E-state index contributed by atoms with van der Waals surface area (Å²) in [5, 5.41) is 12.0. The van der Waals surface area contributed by atoms with Crippen LogP contribution >= 0.6 is 0 Å². The number of rotatable bonds is 7. The van der Waals surface area contributed by atoms with E-state index < -0.39 is 52.9 Å². The van der Waals surface area contributed by atoms with Crippen molar-refractivity contribution in [1.29, 1.82) is 0 Å². The number of esters is 2. The molecule has 1 aromatic carbocycles. The summed E-state index contributed by atoms with van der Waals surface area (Å²) in [6.07, 6.45) is -0.726. The molecule has 1 aliphatic carbocycles. The highest BCUT2D eigenvalue weighted by Gasteiger charge is 2.60. The van der Waals surface area contributed by atoms with Crippen molar-refractivity contribution < 1.29 is 28.8 Å². The lowest BCUT2D eigenvalue weighted by Gasteiger charge is -2.39. The van der Waals surface area contributed by atoms with Gasteiger partial charge < -0.3 is 19.3 Å². The second kappa shape index (κ2) is 8.49. The van der Waals surface area contributed by atoms with E-state index in [2.05, 4.69) is 4.98 Å². The molecule has 0 saturated carbocycles. The van der Waals surface area contributed by atoms with E-state index in [1.165, 1.54) is 0 Å². The number of aldehydes is 1. The van der Waals surface area contributed by atoms with Gasteiger partial charge >= 0.3 is 11.9 Å². The molecule has 0 spiro atoms. The summed E-state index contributed by atoms with van der Waals surface area (Å²) in [7, 11) is 0. The Morgan fingerprint density at radius 3 is 2.29 bits per heavy atom. The highest BCUT2D eigenvalue weighted by Crippen LogP contribution is 2.50. The smallest absolute Gasteiger partial charge is 0.329 e. The number of para-hydroxylation sites is 1. The third-order valence-corrected chi connectivity index (χ3v) is 5.51. The fraction of sp³-hybridized carbons (Fsp3) is 0.500. The highest BCUT2D eigenvalue weighted by molar-refractivity contribution is 6.08. The van der Waals surface area contributed by atoms with Crippen LogP contribution in [0.1, 0.15) is 51.3 Å². The topological polar surface area (TPSA) is 129 Å². The van der Waals surface area contributed by atoms with E-state index in [-0.39, 0.29) is 12.1 Å². The first-order valence-corrected chi connectivity index (χ1v) is 10.2. The monoisotopic (exact) mass is 430 g/mol. The number of carbonyl (C=O) groups excluding carboxylic acids is 3. The number of aromatic amines is 1. The average molecular weight is 430 g/mol. The van der Waals surface area contributed by atoms with Gasteiger partial charge in [-0.15, -0.1) is 0 Å². The Kier molecular flexibility index (Phi) is 6.15. The summed E-state index contributed by atoms with van der Waals surface area (Å²) < 4.78 is 10.9. The molecule has 166 valence electrons. The number of H-pyrrole nitrogens is 1.